The molecule has 5 heteroatoms. The Morgan fingerprint density at radius 3 is 2.32 bits per heavy atom. The Bertz CT molecular complexity index is 803. The van der Waals surface area contributed by atoms with Gasteiger partial charge in [0.1, 0.15) is 6.61 Å². The zero-order valence-corrected chi connectivity index (χ0v) is 15.5. The lowest BCUT2D eigenvalue weighted by atomic mass is 10.1. The van der Waals surface area contributed by atoms with Crippen LogP contribution in [0.15, 0.2) is 18.2 Å². The number of rotatable bonds is 6. The van der Waals surface area contributed by atoms with Crippen LogP contribution in [0.1, 0.15) is 51.8 Å². The first-order chi connectivity index (χ1) is 12.0. The number of hydrogen-bond donors (Lipinski definition) is 0. The topological polar surface area (TPSA) is 49.7 Å². The molecule has 1 heterocycles. The molecule has 0 unspecified atom stereocenters. The van der Waals surface area contributed by atoms with Crippen molar-refractivity contribution in [3.63, 3.8) is 0 Å². The summed E-state index contributed by atoms with van der Waals surface area (Å²) in [6, 6.07) is 6.22. The average molecular weight is 343 g/mol. The predicted octanol–water partition coefficient (Wildman–Crippen LogP) is 4.12. The van der Waals surface area contributed by atoms with Gasteiger partial charge in [0, 0.05) is 17.4 Å². The standard InChI is InChI=1S/C20H25NO4/c1-12-8-18(23-4)19(24-5)10-15(12)11-25-20(22)17-9-13(2)21(14(17)3)16-6-7-16/h8-10,16H,6-7,11H2,1-5H3. The molecule has 0 saturated heterocycles. The van der Waals surface area contributed by atoms with Crippen LogP contribution in [0.25, 0.3) is 0 Å². The molecule has 3 rings (SSSR count). The van der Waals surface area contributed by atoms with Crippen LogP contribution in [-0.2, 0) is 11.3 Å². The van der Waals surface area contributed by atoms with Crippen molar-refractivity contribution in [1.82, 2.24) is 4.57 Å². The van der Waals surface area contributed by atoms with E-state index >= 15 is 0 Å². The molecule has 0 spiro atoms. The molecular weight excluding hydrogens is 318 g/mol. The number of ether oxygens (including phenoxy) is 3. The van der Waals surface area contributed by atoms with E-state index in [2.05, 4.69) is 4.57 Å². The summed E-state index contributed by atoms with van der Waals surface area (Å²) in [6.07, 6.45) is 2.38. The van der Waals surface area contributed by atoms with Gasteiger partial charge in [-0.2, -0.15) is 0 Å². The second kappa shape index (κ2) is 6.82. The third-order valence-corrected chi connectivity index (χ3v) is 4.82. The van der Waals surface area contributed by atoms with Gasteiger partial charge in [-0.15, -0.1) is 0 Å². The number of aromatic nitrogens is 1. The van der Waals surface area contributed by atoms with Crippen LogP contribution in [0.3, 0.4) is 0 Å². The second-order valence-corrected chi connectivity index (χ2v) is 6.60. The molecule has 0 aliphatic heterocycles. The van der Waals surface area contributed by atoms with E-state index in [-0.39, 0.29) is 12.6 Å². The summed E-state index contributed by atoms with van der Waals surface area (Å²) in [4.78, 5) is 12.5. The van der Waals surface area contributed by atoms with Gasteiger partial charge in [0.2, 0.25) is 0 Å². The molecular formula is C20H25NO4. The van der Waals surface area contributed by atoms with Gasteiger partial charge in [-0.3, -0.25) is 0 Å². The van der Waals surface area contributed by atoms with Crippen LogP contribution in [0.5, 0.6) is 11.5 Å². The number of benzene rings is 1. The molecule has 25 heavy (non-hydrogen) atoms. The van der Waals surface area contributed by atoms with Crippen molar-refractivity contribution in [2.45, 2.75) is 46.3 Å². The minimum Gasteiger partial charge on any atom is -0.493 e. The number of aryl methyl sites for hydroxylation is 2. The highest BCUT2D eigenvalue weighted by Gasteiger charge is 2.28. The number of nitrogens with zero attached hydrogens (tertiary/aromatic N) is 1. The Morgan fingerprint density at radius 2 is 1.72 bits per heavy atom. The zero-order chi connectivity index (χ0) is 18.1. The van der Waals surface area contributed by atoms with Gasteiger partial charge in [0.25, 0.3) is 0 Å². The average Bonchev–Trinajstić information content (AvgIpc) is 3.38. The van der Waals surface area contributed by atoms with Gasteiger partial charge >= 0.3 is 5.97 Å². The summed E-state index contributed by atoms with van der Waals surface area (Å²) in [6.45, 7) is 6.20. The monoisotopic (exact) mass is 343 g/mol. The van der Waals surface area contributed by atoms with Crippen LogP contribution in [0.2, 0.25) is 0 Å². The van der Waals surface area contributed by atoms with Crippen LogP contribution in [-0.4, -0.2) is 24.8 Å². The van der Waals surface area contributed by atoms with E-state index in [0.717, 1.165) is 22.5 Å². The summed E-state index contributed by atoms with van der Waals surface area (Å²) in [5.41, 5.74) is 4.67. The van der Waals surface area contributed by atoms with E-state index < -0.39 is 0 Å². The van der Waals surface area contributed by atoms with Crippen LogP contribution < -0.4 is 9.47 Å². The molecule has 1 aromatic heterocycles. The van der Waals surface area contributed by atoms with Gasteiger partial charge in [0.05, 0.1) is 19.8 Å². The third-order valence-electron chi connectivity index (χ3n) is 4.82. The van der Waals surface area contributed by atoms with Crippen LogP contribution in [0.4, 0.5) is 0 Å². The van der Waals surface area contributed by atoms with E-state index in [9.17, 15) is 4.79 Å². The summed E-state index contributed by atoms with van der Waals surface area (Å²) >= 11 is 0. The summed E-state index contributed by atoms with van der Waals surface area (Å²) in [5.74, 6) is 1.02. The highest BCUT2D eigenvalue weighted by molar-refractivity contribution is 5.91. The smallest absolute Gasteiger partial charge is 0.340 e. The molecule has 134 valence electrons. The molecule has 1 aliphatic rings. The number of carbonyl (C=O) groups is 1. The van der Waals surface area contributed by atoms with E-state index in [1.807, 2.05) is 39.0 Å². The van der Waals surface area contributed by atoms with Crippen molar-refractivity contribution < 1.29 is 19.0 Å². The maximum absolute atomic E-state index is 12.5. The van der Waals surface area contributed by atoms with Gasteiger partial charge in [-0.1, -0.05) is 0 Å². The van der Waals surface area contributed by atoms with Crippen LogP contribution >= 0.6 is 0 Å². The van der Waals surface area contributed by atoms with Gasteiger partial charge in [-0.05, 0) is 62.9 Å². The van der Waals surface area contributed by atoms with Crippen molar-refractivity contribution in [2.75, 3.05) is 14.2 Å². The van der Waals surface area contributed by atoms with Gasteiger partial charge in [-0.25, -0.2) is 4.79 Å². The Kier molecular flexibility index (Phi) is 4.75. The van der Waals surface area contributed by atoms with Crippen molar-refractivity contribution in [1.29, 1.82) is 0 Å². The SMILES string of the molecule is COc1cc(C)c(COC(=O)c2cc(C)n(C3CC3)c2C)cc1OC. The fraction of sp³-hybridized carbons (Fsp3) is 0.450. The summed E-state index contributed by atoms with van der Waals surface area (Å²) in [5, 5.41) is 0. The van der Waals surface area contributed by atoms with Crippen molar-refractivity contribution in [3.05, 3.63) is 46.3 Å². The van der Waals surface area contributed by atoms with E-state index in [1.54, 1.807) is 14.2 Å². The second-order valence-electron chi connectivity index (χ2n) is 6.60. The van der Waals surface area contributed by atoms with E-state index in [1.165, 1.54) is 12.8 Å². The quantitative estimate of drug-likeness (QED) is 0.740. The number of hydrogen-bond acceptors (Lipinski definition) is 4. The highest BCUT2D eigenvalue weighted by atomic mass is 16.5. The fourth-order valence-corrected chi connectivity index (χ4v) is 3.28. The third kappa shape index (κ3) is 3.36. The molecule has 0 bridgehead atoms. The molecule has 1 aliphatic carbocycles. The van der Waals surface area contributed by atoms with Gasteiger partial charge < -0.3 is 18.8 Å². The molecule has 0 radical (unpaired) electrons. The number of methoxy groups -OCH3 is 2. The van der Waals surface area contributed by atoms with Crippen LogP contribution in [0, 0.1) is 20.8 Å². The molecule has 0 amide bonds. The fourth-order valence-electron chi connectivity index (χ4n) is 3.28. The maximum Gasteiger partial charge on any atom is 0.340 e. The van der Waals surface area contributed by atoms with Crippen molar-refractivity contribution in [3.8, 4) is 11.5 Å². The largest absolute Gasteiger partial charge is 0.493 e. The first-order valence-electron chi connectivity index (χ1n) is 8.53. The molecule has 1 aromatic carbocycles. The molecule has 1 fully saturated rings. The Labute approximate surface area is 148 Å². The van der Waals surface area contributed by atoms with E-state index in [4.69, 9.17) is 14.2 Å². The van der Waals surface area contributed by atoms with Crippen molar-refractivity contribution in [2.24, 2.45) is 0 Å². The Balaban J connectivity index is 1.76. The minimum absolute atomic E-state index is 0.206. The number of carbonyl (C=O) groups excluding carboxylic acids is 1. The Morgan fingerprint density at radius 1 is 1.08 bits per heavy atom. The van der Waals surface area contributed by atoms with Crippen molar-refractivity contribution >= 4 is 5.97 Å². The van der Waals surface area contributed by atoms with Gasteiger partial charge in [0.15, 0.2) is 11.5 Å². The predicted molar refractivity (Wildman–Crippen MR) is 95.6 cm³/mol. The lowest BCUT2D eigenvalue weighted by Crippen LogP contribution is -2.08. The maximum atomic E-state index is 12.5. The molecule has 5 nitrogen and oxygen atoms in total. The first kappa shape index (κ1) is 17.4. The first-order valence-corrected chi connectivity index (χ1v) is 8.53. The lowest BCUT2D eigenvalue weighted by molar-refractivity contribution is 0.0471. The molecule has 1 saturated carbocycles. The molecule has 0 atom stereocenters. The highest BCUT2D eigenvalue weighted by Crippen LogP contribution is 2.38. The zero-order valence-electron chi connectivity index (χ0n) is 15.5. The molecule has 0 N–H and O–H groups in total. The summed E-state index contributed by atoms with van der Waals surface area (Å²) < 4.78 is 18.4. The summed E-state index contributed by atoms with van der Waals surface area (Å²) in [7, 11) is 3.20. The number of esters is 1. The van der Waals surface area contributed by atoms with E-state index in [0.29, 0.717) is 23.1 Å². The normalized spacial score (nSPS) is 13.6. The minimum atomic E-state index is -0.283. The Hall–Kier alpha value is -2.43. The lowest BCUT2D eigenvalue weighted by Gasteiger charge is -2.13. The molecule has 2 aromatic rings.